The van der Waals surface area contributed by atoms with Crippen LogP contribution in [0.15, 0.2) is 35.1 Å². The number of aliphatic hydroxyl groups excluding tert-OH is 2. The zero-order valence-electron chi connectivity index (χ0n) is 14.1. The van der Waals surface area contributed by atoms with Crippen LogP contribution in [0.3, 0.4) is 0 Å². The highest BCUT2D eigenvalue weighted by Gasteiger charge is 2.23. The van der Waals surface area contributed by atoms with Crippen LogP contribution in [0, 0.1) is 11.6 Å². The Hall–Kier alpha value is -2.79. The summed E-state index contributed by atoms with van der Waals surface area (Å²) in [7, 11) is 0. The molecule has 1 heterocycles. The molecule has 0 saturated heterocycles. The van der Waals surface area contributed by atoms with Gasteiger partial charge in [0, 0.05) is 5.02 Å². The van der Waals surface area contributed by atoms with Crippen molar-refractivity contribution in [1.29, 1.82) is 0 Å². The van der Waals surface area contributed by atoms with E-state index >= 15 is 0 Å². The van der Waals surface area contributed by atoms with Crippen LogP contribution in [-0.2, 0) is 4.84 Å². The molecule has 0 spiro atoms. The molecule has 28 heavy (non-hydrogen) atoms. The molecular formula is C17H14ClF2N3O5. The van der Waals surface area contributed by atoms with E-state index in [0.717, 1.165) is 12.5 Å². The normalized spacial score (nSPS) is 11.2. The van der Waals surface area contributed by atoms with Crippen molar-refractivity contribution in [1.82, 2.24) is 10.5 Å². The van der Waals surface area contributed by atoms with E-state index < -0.39 is 36.9 Å². The number of aliphatic hydroxyl groups is 2. The average Bonchev–Trinajstić information content (AvgIpc) is 3.15. The highest BCUT2D eigenvalue weighted by Crippen LogP contribution is 2.32. The van der Waals surface area contributed by atoms with Crippen molar-refractivity contribution in [3.05, 3.63) is 52.9 Å². The summed E-state index contributed by atoms with van der Waals surface area (Å²) >= 11 is 5.71. The topological polar surface area (TPSA) is 117 Å². The summed E-state index contributed by atoms with van der Waals surface area (Å²) < 4.78 is 34.1. The summed E-state index contributed by atoms with van der Waals surface area (Å²) in [4.78, 5) is 21.0. The van der Waals surface area contributed by atoms with Crippen LogP contribution in [0.25, 0.3) is 11.1 Å². The second-order valence-electron chi connectivity index (χ2n) is 5.60. The number of nitrogens with one attached hydrogen (secondary N) is 2. The highest BCUT2D eigenvalue weighted by atomic mass is 35.5. The maximum atomic E-state index is 14.9. The Labute approximate surface area is 161 Å². The van der Waals surface area contributed by atoms with E-state index in [1.807, 2.05) is 5.48 Å². The van der Waals surface area contributed by atoms with Crippen LogP contribution in [-0.4, -0.2) is 40.4 Å². The first-order valence-electron chi connectivity index (χ1n) is 7.90. The lowest BCUT2D eigenvalue weighted by Gasteiger charge is -2.16. The largest absolute Gasteiger partial charge is 0.443 e. The maximum Gasteiger partial charge on any atom is 0.277 e. The van der Waals surface area contributed by atoms with Gasteiger partial charge in [-0.3, -0.25) is 9.63 Å². The van der Waals surface area contributed by atoms with Crippen molar-refractivity contribution in [3.8, 4) is 0 Å². The summed E-state index contributed by atoms with van der Waals surface area (Å²) in [5, 5.41) is 20.6. The number of hydroxylamine groups is 1. The maximum absolute atomic E-state index is 14.9. The molecule has 0 saturated carbocycles. The molecule has 0 bridgehead atoms. The second-order valence-corrected chi connectivity index (χ2v) is 6.03. The Morgan fingerprint density at radius 2 is 2.04 bits per heavy atom. The van der Waals surface area contributed by atoms with Gasteiger partial charge in [0.1, 0.15) is 17.4 Å². The van der Waals surface area contributed by atoms with Gasteiger partial charge >= 0.3 is 0 Å². The van der Waals surface area contributed by atoms with Gasteiger partial charge in [-0.15, -0.1) is 0 Å². The Bertz CT molecular complexity index is 1010. The van der Waals surface area contributed by atoms with Crippen LogP contribution in [0.2, 0.25) is 5.02 Å². The number of fused-ring (bicyclic) bond motifs is 1. The van der Waals surface area contributed by atoms with Gasteiger partial charge in [0.05, 0.1) is 30.2 Å². The summed E-state index contributed by atoms with van der Waals surface area (Å²) in [6.45, 7) is -1.12. The van der Waals surface area contributed by atoms with Crippen molar-refractivity contribution < 1.29 is 33.0 Å². The number of rotatable bonds is 7. The van der Waals surface area contributed by atoms with Crippen LogP contribution in [0.1, 0.15) is 10.4 Å². The molecule has 0 radical (unpaired) electrons. The summed E-state index contributed by atoms with van der Waals surface area (Å²) in [6, 6.07) is 4.87. The number of hydrogen-bond acceptors (Lipinski definition) is 7. The summed E-state index contributed by atoms with van der Waals surface area (Å²) in [6.07, 6.45) is -0.0838. The second kappa shape index (κ2) is 8.48. The predicted molar refractivity (Wildman–Crippen MR) is 95.2 cm³/mol. The first-order valence-corrected chi connectivity index (χ1v) is 8.27. The van der Waals surface area contributed by atoms with Crippen molar-refractivity contribution in [2.45, 2.75) is 6.10 Å². The van der Waals surface area contributed by atoms with Crippen molar-refractivity contribution in [2.75, 3.05) is 18.5 Å². The fourth-order valence-electron chi connectivity index (χ4n) is 2.31. The lowest BCUT2D eigenvalue weighted by atomic mass is 10.1. The molecule has 3 rings (SSSR count). The molecule has 11 heteroatoms. The van der Waals surface area contributed by atoms with Crippen LogP contribution in [0.4, 0.5) is 20.2 Å². The third kappa shape index (κ3) is 4.04. The molecule has 2 aromatic carbocycles. The van der Waals surface area contributed by atoms with E-state index in [9.17, 15) is 13.6 Å². The minimum absolute atomic E-state index is 0.0226. The van der Waals surface area contributed by atoms with E-state index in [4.69, 9.17) is 31.1 Å². The molecule has 1 amide bonds. The molecule has 148 valence electrons. The Morgan fingerprint density at radius 1 is 1.29 bits per heavy atom. The molecule has 1 aromatic heterocycles. The molecule has 3 aromatic rings. The number of anilines is 2. The molecule has 0 unspecified atom stereocenters. The van der Waals surface area contributed by atoms with E-state index in [1.165, 1.54) is 18.2 Å². The molecular weight excluding hydrogens is 400 g/mol. The molecule has 0 aliphatic heterocycles. The number of halogens is 3. The SMILES string of the molecule is O=C(NOC(CO)CO)c1cc2ocnc2c(F)c1Nc1ccc(Cl)cc1F. The van der Waals surface area contributed by atoms with Gasteiger partial charge in [-0.25, -0.2) is 19.2 Å². The number of amides is 1. The predicted octanol–water partition coefficient (Wildman–Crippen LogP) is 2.52. The number of carbonyl (C=O) groups excluding carboxylic acids is 1. The highest BCUT2D eigenvalue weighted by molar-refractivity contribution is 6.30. The smallest absolute Gasteiger partial charge is 0.277 e. The van der Waals surface area contributed by atoms with E-state index in [2.05, 4.69) is 10.3 Å². The van der Waals surface area contributed by atoms with Crippen LogP contribution < -0.4 is 10.8 Å². The van der Waals surface area contributed by atoms with Gasteiger partial charge in [-0.05, 0) is 24.3 Å². The Kier molecular flexibility index (Phi) is 6.05. The minimum atomic E-state index is -1.08. The standard InChI is InChI=1S/C17H14ClF2N3O5/c18-8-1-2-12(11(19)3-8)22-15-10(17(26)23-28-9(5-24)6-25)4-13-16(14(15)20)21-7-27-13/h1-4,7,9,22,24-25H,5-6H2,(H,23,26). The fraction of sp³-hybridized carbons (Fsp3) is 0.176. The molecule has 4 N–H and O–H groups in total. The molecule has 0 aliphatic carbocycles. The van der Waals surface area contributed by atoms with E-state index in [-0.39, 0.29) is 33.1 Å². The number of oxazole rings is 1. The number of carbonyl (C=O) groups is 1. The molecule has 0 aliphatic rings. The lowest BCUT2D eigenvalue weighted by molar-refractivity contribution is -0.0618. The number of hydrogen-bond donors (Lipinski definition) is 4. The zero-order chi connectivity index (χ0) is 20.3. The first-order chi connectivity index (χ1) is 13.4. The van der Waals surface area contributed by atoms with Gasteiger partial charge in [0.25, 0.3) is 5.91 Å². The summed E-state index contributed by atoms with van der Waals surface area (Å²) in [5.74, 6) is -2.65. The monoisotopic (exact) mass is 413 g/mol. The Balaban J connectivity index is 2.00. The van der Waals surface area contributed by atoms with E-state index in [0.29, 0.717) is 0 Å². The van der Waals surface area contributed by atoms with Gasteiger partial charge in [0.15, 0.2) is 17.8 Å². The Morgan fingerprint density at radius 3 is 2.71 bits per heavy atom. The van der Waals surface area contributed by atoms with Gasteiger partial charge in [0.2, 0.25) is 0 Å². The fourth-order valence-corrected chi connectivity index (χ4v) is 2.47. The molecule has 8 nitrogen and oxygen atoms in total. The average molecular weight is 414 g/mol. The minimum Gasteiger partial charge on any atom is -0.443 e. The molecule has 0 fully saturated rings. The van der Waals surface area contributed by atoms with E-state index in [1.54, 1.807) is 0 Å². The third-order valence-corrected chi connectivity index (χ3v) is 3.96. The van der Waals surface area contributed by atoms with Gasteiger partial charge in [-0.1, -0.05) is 11.6 Å². The van der Waals surface area contributed by atoms with Crippen molar-refractivity contribution in [3.63, 3.8) is 0 Å². The first kappa shape index (κ1) is 20.0. The van der Waals surface area contributed by atoms with Crippen LogP contribution >= 0.6 is 11.6 Å². The number of nitrogens with zero attached hydrogens (tertiary/aromatic N) is 1. The number of aromatic nitrogens is 1. The van der Waals surface area contributed by atoms with Crippen molar-refractivity contribution in [2.24, 2.45) is 0 Å². The van der Waals surface area contributed by atoms with Gasteiger partial charge in [-0.2, -0.15) is 0 Å². The zero-order valence-corrected chi connectivity index (χ0v) is 14.8. The van der Waals surface area contributed by atoms with Crippen LogP contribution in [0.5, 0.6) is 0 Å². The van der Waals surface area contributed by atoms with Gasteiger partial charge < -0.3 is 19.9 Å². The summed E-state index contributed by atoms with van der Waals surface area (Å²) in [5.41, 5.74) is 0.999. The third-order valence-electron chi connectivity index (χ3n) is 3.73. The number of benzene rings is 2. The molecule has 0 atom stereocenters. The quantitative estimate of drug-likeness (QED) is 0.440. The lowest BCUT2D eigenvalue weighted by Crippen LogP contribution is -2.34. The van der Waals surface area contributed by atoms with Crippen molar-refractivity contribution >= 4 is 40.0 Å².